The van der Waals surface area contributed by atoms with Crippen LogP contribution >= 0.6 is 24.8 Å². The summed E-state index contributed by atoms with van der Waals surface area (Å²) < 4.78 is 4.49. The minimum atomic E-state index is -0.625. The summed E-state index contributed by atoms with van der Waals surface area (Å²) in [5.74, 6) is -0.411. The van der Waals surface area contributed by atoms with E-state index in [4.69, 9.17) is 5.73 Å². The average molecular weight is 253 g/mol. The quantitative estimate of drug-likeness (QED) is 0.815. The highest BCUT2D eigenvalue weighted by Crippen LogP contribution is 1.98. The number of esters is 1. The summed E-state index contributed by atoms with van der Waals surface area (Å²) in [6.45, 7) is 0. The van der Waals surface area contributed by atoms with Crippen molar-refractivity contribution in [3.05, 3.63) is 30.1 Å². The van der Waals surface area contributed by atoms with Gasteiger partial charge in [-0.05, 0) is 12.1 Å². The molecule has 0 bridgehead atoms. The smallest absolute Gasteiger partial charge is 0.323 e. The van der Waals surface area contributed by atoms with Gasteiger partial charge in [-0.15, -0.1) is 24.8 Å². The fraction of sp³-hybridized carbons (Fsp3) is 0.333. The van der Waals surface area contributed by atoms with Gasteiger partial charge in [0.25, 0.3) is 0 Å². The standard InChI is InChI=1S/C9H12N2O2.2ClH/c1-13-9(12)8(10)6-7-4-2-3-5-11-7;;/h2-5,8H,6,10H2,1H3;2*1H. The zero-order valence-electron chi connectivity index (χ0n) is 8.25. The SMILES string of the molecule is COC(=O)C(N)Cc1ccccn1.Cl.Cl. The van der Waals surface area contributed by atoms with Crippen molar-refractivity contribution >= 4 is 30.8 Å². The topological polar surface area (TPSA) is 65.2 Å². The van der Waals surface area contributed by atoms with Gasteiger partial charge in [-0.25, -0.2) is 0 Å². The summed E-state index contributed by atoms with van der Waals surface area (Å²) >= 11 is 0. The van der Waals surface area contributed by atoms with E-state index in [-0.39, 0.29) is 24.8 Å². The number of pyridine rings is 1. The Morgan fingerprint density at radius 2 is 2.20 bits per heavy atom. The van der Waals surface area contributed by atoms with Crippen LogP contribution in [0.4, 0.5) is 0 Å². The summed E-state index contributed by atoms with van der Waals surface area (Å²) in [5.41, 5.74) is 6.34. The van der Waals surface area contributed by atoms with Crippen molar-refractivity contribution < 1.29 is 9.53 Å². The molecule has 0 amide bonds. The zero-order valence-corrected chi connectivity index (χ0v) is 9.88. The Kier molecular flexibility index (Phi) is 9.36. The van der Waals surface area contributed by atoms with Gasteiger partial charge in [-0.2, -0.15) is 0 Å². The lowest BCUT2D eigenvalue weighted by atomic mass is 10.1. The third kappa shape index (κ3) is 5.57. The molecule has 1 aromatic heterocycles. The van der Waals surface area contributed by atoms with Crippen molar-refractivity contribution in [2.75, 3.05) is 7.11 Å². The molecule has 0 spiro atoms. The van der Waals surface area contributed by atoms with E-state index in [1.54, 1.807) is 6.20 Å². The summed E-state index contributed by atoms with van der Waals surface area (Å²) in [6, 6.07) is 4.86. The molecule has 1 unspecified atom stereocenters. The van der Waals surface area contributed by atoms with Crippen LogP contribution in [0.1, 0.15) is 5.69 Å². The first-order valence-corrected chi connectivity index (χ1v) is 3.97. The summed E-state index contributed by atoms with van der Waals surface area (Å²) in [6.07, 6.45) is 2.08. The molecule has 1 heterocycles. The first-order chi connectivity index (χ1) is 6.24. The lowest BCUT2D eigenvalue weighted by Gasteiger charge is -2.07. The van der Waals surface area contributed by atoms with Gasteiger partial charge in [0.1, 0.15) is 6.04 Å². The average Bonchev–Trinajstić information content (AvgIpc) is 2.18. The van der Waals surface area contributed by atoms with Crippen LogP contribution in [-0.2, 0) is 16.0 Å². The minimum absolute atomic E-state index is 0. The van der Waals surface area contributed by atoms with Gasteiger partial charge >= 0.3 is 5.97 Å². The van der Waals surface area contributed by atoms with Gasteiger partial charge in [-0.3, -0.25) is 9.78 Å². The fourth-order valence-corrected chi connectivity index (χ4v) is 0.979. The van der Waals surface area contributed by atoms with E-state index in [9.17, 15) is 4.79 Å². The third-order valence-corrected chi connectivity index (χ3v) is 1.66. The number of nitrogens with two attached hydrogens (primary N) is 1. The van der Waals surface area contributed by atoms with Crippen LogP contribution in [0.5, 0.6) is 0 Å². The first kappa shape index (κ1) is 16.6. The van der Waals surface area contributed by atoms with Crippen molar-refractivity contribution in [3.63, 3.8) is 0 Å². The third-order valence-electron chi connectivity index (χ3n) is 1.66. The predicted octanol–water partition coefficient (Wildman–Crippen LogP) is 0.968. The molecule has 1 atom stereocenters. The molecule has 0 aliphatic carbocycles. The van der Waals surface area contributed by atoms with Crippen molar-refractivity contribution in [2.24, 2.45) is 5.73 Å². The van der Waals surface area contributed by atoms with Gasteiger partial charge < -0.3 is 10.5 Å². The Balaban J connectivity index is 0. The summed E-state index contributed by atoms with van der Waals surface area (Å²) in [5, 5.41) is 0. The normalized spacial score (nSPS) is 10.5. The first-order valence-electron chi connectivity index (χ1n) is 3.97. The molecule has 0 aromatic carbocycles. The van der Waals surface area contributed by atoms with E-state index in [2.05, 4.69) is 9.72 Å². The molecule has 2 N–H and O–H groups in total. The number of rotatable bonds is 3. The van der Waals surface area contributed by atoms with Crippen LogP contribution in [0.25, 0.3) is 0 Å². The number of nitrogens with zero attached hydrogens (tertiary/aromatic N) is 1. The lowest BCUT2D eigenvalue weighted by Crippen LogP contribution is -2.33. The molecular formula is C9H14Cl2N2O2. The summed E-state index contributed by atoms with van der Waals surface area (Å²) in [4.78, 5) is 15.0. The molecule has 86 valence electrons. The number of aromatic nitrogens is 1. The van der Waals surface area contributed by atoms with E-state index < -0.39 is 12.0 Å². The molecule has 6 heteroatoms. The Morgan fingerprint density at radius 3 is 2.67 bits per heavy atom. The lowest BCUT2D eigenvalue weighted by molar-refractivity contribution is -0.142. The molecule has 1 aromatic rings. The second kappa shape index (κ2) is 8.47. The second-order valence-corrected chi connectivity index (χ2v) is 2.65. The van der Waals surface area contributed by atoms with Crippen LogP contribution in [-0.4, -0.2) is 24.1 Å². The van der Waals surface area contributed by atoms with Gasteiger partial charge in [0.05, 0.1) is 7.11 Å². The number of halogens is 2. The predicted molar refractivity (Wildman–Crippen MR) is 62.4 cm³/mol. The van der Waals surface area contributed by atoms with Crippen LogP contribution < -0.4 is 5.73 Å². The molecule has 0 radical (unpaired) electrons. The van der Waals surface area contributed by atoms with Crippen molar-refractivity contribution in [1.82, 2.24) is 4.98 Å². The Morgan fingerprint density at radius 1 is 1.53 bits per heavy atom. The van der Waals surface area contributed by atoms with Gasteiger partial charge in [0.15, 0.2) is 0 Å². The van der Waals surface area contributed by atoms with E-state index in [1.165, 1.54) is 7.11 Å². The Hall–Kier alpha value is -0.840. The highest BCUT2D eigenvalue weighted by Gasteiger charge is 2.14. The fourth-order valence-electron chi connectivity index (χ4n) is 0.979. The molecule has 0 aliphatic heterocycles. The van der Waals surface area contributed by atoms with Crippen molar-refractivity contribution in [3.8, 4) is 0 Å². The number of hydrogen-bond donors (Lipinski definition) is 1. The molecule has 0 fully saturated rings. The Labute approximate surface area is 101 Å². The minimum Gasteiger partial charge on any atom is -0.468 e. The van der Waals surface area contributed by atoms with Crippen LogP contribution in [0.3, 0.4) is 0 Å². The zero-order chi connectivity index (χ0) is 9.68. The number of carbonyl (C=O) groups excluding carboxylic acids is 1. The van der Waals surface area contributed by atoms with Crippen LogP contribution in [0, 0.1) is 0 Å². The molecule has 15 heavy (non-hydrogen) atoms. The monoisotopic (exact) mass is 252 g/mol. The molecule has 0 saturated heterocycles. The van der Waals surface area contributed by atoms with E-state index >= 15 is 0 Å². The number of hydrogen-bond acceptors (Lipinski definition) is 4. The molecular weight excluding hydrogens is 239 g/mol. The maximum absolute atomic E-state index is 10.9. The summed E-state index contributed by atoms with van der Waals surface area (Å²) in [7, 11) is 1.32. The molecule has 1 rings (SSSR count). The van der Waals surface area contributed by atoms with Crippen molar-refractivity contribution in [1.29, 1.82) is 0 Å². The largest absolute Gasteiger partial charge is 0.468 e. The van der Waals surface area contributed by atoms with Crippen LogP contribution in [0.15, 0.2) is 24.4 Å². The maximum atomic E-state index is 10.9. The van der Waals surface area contributed by atoms with Gasteiger partial charge in [0.2, 0.25) is 0 Å². The van der Waals surface area contributed by atoms with Gasteiger partial charge in [-0.1, -0.05) is 6.07 Å². The number of methoxy groups -OCH3 is 1. The maximum Gasteiger partial charge on any atom is 0.323 e. The van der Waals surface area contributed by atoms with E-state index in [0.717, 1.165) is 5.69 Å². The van der Waals surface area contributed by atoms with E-state index in [1.807, 2.05) is 18.2 Å². The highest BCUT2D eigenvalue weighted by molar-refractivity contribution is 5.85. The number of ether oxygens (including phenoxy) is 1. The molecule has 0 aliphatic rings. The molecule has 4 nitrogen and oxygen atoms in total. The van der Waals surface area contributed by atoms with E-state index in [0.29, 0.717) is 6.42 Å². The van der Waals surface area contributed by atoms with Gasteiger partial charge in [0, 0.05) is 18.3 Å². The second-order valence-electron chi connectivity index (χ2n) is 2.65. The highest BCUT2D eigenvalue weighted by atomic mass is 35.5. The van der Waals surface area contributed by atoms with Crippen LogP contribution in [0.2, 0.25) is 0 Å². The Bertz CT molecular complexity index is 283. The van der Waals surface area contributed by atoms with Crippen molar-refractivity contribution in [2.45, 2.75) is 12.5 Å². The number of carbonyl (C=O) groups is 1. The molecule has 0 saturated carbocycles.